The van der Waals surface area contributed by atoms with E-state index in [4.69, 9.17) is 21.3 Å². The zero-order valence-electron chi connectivity index (χ0n) is 18.6. The maximum absolute atomic E-state index is 10.2. The summed E-state index contributed by atoms with van der Waals surface area (Å²) in [5.41, 5.74) is 4.01. The molecule has 2 N–H and O–H groups in total. The van der Waals surface area contributed by atoms with Gasteiger partial charge in [-0.3, -0.25) is 4.90 Å². The molecule has 3 aliphatic rings. The summed E-state index contributed by atoms with van der Waals surface area (Å²) in [5, 5.41) is 19.4. The summed E-state index contributed by atoms with van der Waals surface area (Å²) in [6.07, 6.45) is 5.45. The Kier molecular flexibility index (Phi) is 5.37. The number of aryl methyl sites for hydroxylation is 1. The summed E-state index contributed by atoms with van der Waals surface area (Å²) in [5.74, 6) is 0.509. The summed E-state index contributed by atoms with van der Waals surface area (Å²) in [4.78, 5) is 14.0. The number of hydrogen-bond acceptors (Lipinski definition) is 8. The number of anilines is 3. The molecule has 0 radical (unpaired) electrons. The summed E-state index contributed by atoms with van der Waals surface area (Å²) in [7, 11) is 0. The lowest BCUT2D eigenvalue weighted by Gasteiger charge is -2.40. The molecular weight excluding hydrogens is 442 g/mol. The van der Waals surface area contributed by atoms with Crippen LogP contribution in [-0.2, 0) is 4.74 Å². The highest BCUT2D eigenvalue weighted by Crippen LogP contribution is 2.39. The van der Waals surface area contributed by atoms with Crippen molar-refractivity contribution in [1.29, 1.82) is 0 Å². The molecular formula is C23H28ClN7O2. The number of nitrogens with one attached hydrogen (secondary N) is 1. The third-order valence-corrected chi connectivity index (χ3v) is 7.29. The predicted octanol–water partition coefficient (Wildman–Crippen LogP) is 2.75. The van der Waals surface area contributed by atoms with Crippen molar-refractivity contribution in [2.24, 2.45) is 0 Å². The van der Waals surface area contributed by atoms with Crippen LogP contribution in [0.3, 0.4) is 0 Å². The number of aliphatic hydroxyl groups is 1. The van der Waals surface area contributed by atoms with E-state index in [0.717, 1.165) is 55.6 Å². The van der Waals surface area contributed by atoms with E-state index >= 15 is 0 Å². The first-order valence-corrected chi connectivity index (χ1v) is 12.0. The van der Waals surface area contributed by atoms with E-state index in [1.807, 2.05) is 10.9 Å². The summed E-state index contributed by atoms with van der Waals surface area (Å²) < 4.78 is 7.30. The van der Waals surface area contributed by atoms with E-state index in [0.29, 0.717) is 30.4 Å². The van der Waals surface area contributed by atoms with Crippen molar-refractivity contribution in [2.75, 3.05) is 49.6 Å². The molecule has 4 heterocycles. The van der Waals surface area contributed by atoms with Crippen molar-refractivity contribution in [3.05, 3.63) is 35.2 Å². The van der Waals surface area contributed by atoms with Crippen molar-refractivity contribution in [3.63, 3.8) is 0 Å². The quantitative estimate of drug-likeness (QED) is 0.589. The van der Waals surface area contributed by atoms with E-state index in [2.05, 4.69) is 44.3 Å². The Morgan fingerprint density at radius 3 is 2.67 bits per heavy atom. The molecule has 0 bridgehead atoms. The SMILES string of the molecule is Cc1cc2cnc(Nc3cnn(C4CC4)c3Cl)nc2cc1N1CCN(C2COCC2O)CC1. The Balaban J connectivity index is 1.20. The first-order valence-electron chi connectivity index (χ1n) is 11.6. The molecule has 2 unspecified atom stereocenters. The van der Waals surface area contributed by atoms with Gasteiger partial charge in [-0.1, -0.05) is 11.6 Å². The summed E-state index contributed by atoms with van der Waals surface area (Å²) in [6.45, 7) is 6.81. The Morgan fingerprint density at radius 2 is 1.94 bits per heavy atom. The average molecular weight is 470 g/mol. The number of halogens is 1. The fourth-order valence-electron chi connectivity index (χ4n) is 4.88. The number of aliphatic hydroxyl groups excluding tert-OH is 1. The third kappa shape index (κ3) is 4.03. The molecule has 2 aromatic heterocycles. The zero-order valence-corrected chi connectivity index (χ0v) is 19.4. The average Bonchev–Trinajstić information content (AvgIpc) is 3.47. The van der Waals surface area contributed by atoms with Crippen molar-refractivity contribution < 1.29 is 9.84 Å². The van der Waals surface area contributed by atoms with Crippen LogP contribution in [-0.4, -0.2) is 81.3 Å². The van der Waals surface area contributed by atoms with Crippen molar-refractivity contribution >= 4 is 39.8 Å². The standard InChI is InChI=1S/C23H28ClN7O2/c1-14-8-15-10-25-23(28-18-11-26-31(22(18)24)16-2-3-16)27-17(15)9-19(14)29-4-6-30(7-5-29)20-12-33-13-21(20)32/h8-11,16,20-21,32H,2-7,12-13H2,1H3,(H,25,27,28). The van der Waals surface area contributed by atoms with Crippen molar-refractivity contribution in [3.8, 4) is 0 Å². The van der Waals surface area contributed by atoms with Crippen LogP contribution >= 0.6 is 11.6 Å². The molecule has 1 aliphatic carbocycles. The smallest absolute Gasteiger partial charge is 0.227 e. The number of aromatic nitrogens is 4. The second-order valence-corrected chi connectivity index (χ2v) is 9.59. The maximum atomic E-state index is 10.2. The second kappa shape index (κ2) is 8.39. The molecule has 0 spiro atoms. The van der Waals surface area contributed by atoms with E-state index in [1.54, 1.807) is 6.20 Å². The predicted molar refractivity (Wildman–Crippen MR) is 127 cm³/mol. The van der Waals surface area contributed by atoms with Gasteiger partial charge in [-0.15, -0.1) is 0 Å². The highest BCUT2D eigenvalue weighted by Gasteiger charge is 2.33. The van der Waals surface area contributed by atoms with Crippen molar-refractivity contribution in [1.82, 2.24) is 24.6 Å². The highest BCUT2D eigenvalue weighted by atomic mass is 35.5. The fourth-order valence-corrected chi connectivity index (χ4v) is 5.16. The van der Waals surface area contributed by atoms with E-state index in [-0.39, 0.29) is 12.1 Å². The molecule has 1 aromatic carbocycles. The molecule has 0 amide bonds. The topological polar surface area (TPSA) is 91.6 Å². The minimum absolute atomic E-state index is 0.113. The van der Waals surface area contributed by atoms with E-state index in [9.17, 15) is 5.11 Å². The lowest BCUT2D eigenvalue weighted by Crippen LogP contribution is -2.53. The second-order valence-electron chi connectivity index (χ2n) is 9.24. The number of piperazine rings is 1. The lowest BCUT2D eigenvalue weighted by molar-refractivity contribution is 0.0785. The van der Waals surface area contributed by atoms with Gasteiger partial charge < -0.3 is 20.1 Å². The van der Waals surface area contributed by atoms with Crippen LogP contribution in [0.2, 0.25) is 5.15 Å². The normalized spacial score (nSPS) is 24.0. The molecule has 2 aliphatic heterocycles. The van der Waals surface area contributed by atoms with Gasteiger partial charge >= 0.3 is 0 Å². The van der Waals surface area contributed by atoms with Crippen LogP contribution in [0.25, 0.3) is 10.9 Å². The Hall–Kier alpha value is -2.46. The first-order chi connectivity index (χ1) is 16.1. The first kappa shape index (κ1) is 21.1. The van der Waals surface area contributed by atoms with E-state index in [1.165, 1.54) is 11.3 Å². The Labute approximate surface area is 197 Å². The molecule has 10 heteroatoms. The van der Waals surface area contributed by atoms with Gasteiger partial charge in [-0.05, 0) is 37.5 Å². The van der Waals surface area contributed by atoms with Crippen LogP contribution in [0.15, 0.2) is 24.5 Å². The Morgan fingerprint density at radius 1 is 1.12 bits per heavy atom. The van der Waals surface area contributed by atoms with Crippen LogP contribution in [0.5, 0.6) is 0 Å². The molecule has 2 atom stereocenters. The highest BCUT2D eigenvalue weighted by molar-refractivity contribution is 6.32. The van der Waals surface area contributed by atoms with Gasteiger partial charge in [0.15, 0.2) is 5.15 Å². The van der Waals surface area contributed by atoms with Gasteiger partial charge in [0.1, 0.15) is 0 Å². The molecule has 1 saturated carbocycles. The number of hydrogen-bond donors (Lipinski definition) is 2. The molecule has 3 fully saturated rings. The largest absolute Gasteiger partial charge is 0.389 e. The van der Waals surface area contributed by atoms with Gasteiger partial charge in [-0.25, -0.2) is 14.6 Å². The Bertz CT molecular complexity index is 1170. The molecule has 3 aromatic rings. The van der Waals surface area contributed by atoms with E-state index < -0.39 is 0 Å². The van der Waals surface area contributed by atoms with Crippen LogP contribution in [0.4, 0.5) is 17.3 Å². The number of benzene rings is 1. The van der Waals surface area contributed by atoms with Gasteiger partial charge in [0.05, 0.1) is 48.8 Å². The minimum Gasteiger partial charge on any atom is -0.389 e. The monoisotopic (exact) mass is 469 g/mol. The lowest BCUT2D eigenvalue weighted by atomic mass is 10.1. The van der Waals surface area contributed by atoms with Gasteiger partial charge in [0.2, 0.25) is 5.95 Å². The third-order valence-electron chi connectivity index (χ3n) is 6.92. The van der Waals surface area contributed by atoms with Gasteiger partial charge in [-0.2, -0.15) is 5.10 Å². The molecule has 174 valence electrons. The van der Waals surface area contributed by atoms with Crippen LogP contribution < -0.4 is 10.2 Å². The summed E-state index contributed by atoms with van der Waals surface area (Å²) in [6, 6.07) is 4.83. The van der Waals surface area contributed by atoms with Gasteiger partial charge in [0.25, 0.3) is 0 Å². The number of ether oxygens (including phenoxy) is 1. The number of nitrogens with zero attached hydrogens (tertiary/aromatic N) is 6. The van der Waals surface area contributed by atoms with Crippen LogP contribution in [0, 0.1) is 6.92 Å². The molecule has 2 saturated heterocycles. The van der Waals surface area contributed by atoms with Crippen molar-refractivity contribution in [2.45, 2.75) is 38.0 Å². The number of fused-ring (bicyclic) bond motifs is 1. The zero-order chi connectivity index (χ0) is 22.5. The van der Waals surface area contributed by atoms with Crippen LogP contribution in [0.1, 0.15) is 24.4 Å². The fraction of sp³-hybridized carbons (Fsp3) is 0.522. The maximum Gasteiger partial charge on any atom is 0.227 e. The van der Waals surface area contributed by atoms with Gasteiger partial charge in [0, 0.05) is 43.4 Å². The number of rotatable bonds is 5. The summed E-state index contributed by atoms with van der Waals surface area (Å²) >= 11 is 6.49. The molecule has 33 heavy (non-hydrogen) atoms. The minimum atomic E-state index is -0.383. The molecule has 9 nitrogen and oxygen atoms in total. The molecule has 6 rings (SSSR count).